The highest BCUT2D eigenvalue weighted by molar-refractivity contribution is 6.31. The minimum absolute atomic E-state index is 0.0269. The van der Waals surface area contributed by atoms with Crippen molar-refractivity contribution in [2.75, 3.05) is 20.6 Å². The van der Waals surface area contributed by atoms with E-state index in [1.165, 1.54) is 0 Å². The van der Waals surface area contributed by atoms with Crippen LogP contribution in [0.2, 0.25) is 5.02 Å². The SMILES string of the molecule is CN(C)CCC(N)c1ccnc2cc(Cl)ccc12. The predicted molar refractivity (Wildman–Crippen MR) is 76.9 cm³/mol. The Balaban J connectivity index is 2.32. The second-order valence-electron chi connectivity index (χ2n) is 4.76. The molecule has 0 bridgehead atoms. The van der Waals surface area contributed by atoms with Gasteiger partial charge in [-0.3, -0.25) is 4.98 Å². The number of rotatable bonds is 4. The highest BCUT2D eigenvalue weighted by atomic mass is 35.5. The first kappa shape index (κ1) is 13.3. The molecule has 96 valence electrons. The Labute approximate surface area is 113 Å². The molecule has 2 N–H and O–H groups in total. The number of aromatic nitrogens is 1. The van der Waals surface area contributed by atoms with Crippen LogP contribution in [0.4, 0.5) is 0 Å². The van der Waals surface area contributed by atoms with Crippen molar-refractivity contribution in [1.29, 1.82) is 0 Å². The maximum atomic E-state index is 6.26. The van der Waals surface area contributed by atoms with Crippen molar-refractivity contribution in [1.82, 2.24) is 9.88 Å². The molecule has 0 spiro atoms. The zero-order valence-electron chi connectivity index (χ0n) is 10.7. The molecule has 0 fully saturated rings. The minimum Gasteiger partial charge on any atom is -0.324 e. The first-order valence-corrected chi connectivity index (χ1v) is 6.40. The summed E-state index contributed by atoms with van der Waals surface area (Å²) < 4.78 is 0. The Morgan fingerprint density at radius 3 is 2.83 bits per heavy atom. The fourth-order valence-corrected chi connectivity index (χ4v) is 2.19. The van der Waals surface area contributed by atoms with Gasteiger partial charge in [0.1, 0.15) is 0 Å². The van der Waals surface area contributed by atoms with Crippen LogP contribution in [-0.4, -0.2) is 30.5 Å². The Morgan fingerprint density at radius 2 is 2.11 bits per heavy atom. The molecule has 2 rings (SSSR count). The highest BCUT2D eigenvalue weighted by Gasteiger charge is 2.10. The van der Waals surface area contributed by atoms with E-state index >= 15 is 0 Å². The maximum Gasteiger partial charge on any atom is 0.0720 e. The van der Waals surface area contributed by atoms with Crippen molar-refractivity contribution in [2.24, 2.45) is 5.73 Å². The van der Waals surface area contributed by atoms with E-state index in [0.717, 1.165) is 29.4 Å². The molecular weight excluding hydrogens is 246 g/mol. The van der Waals surface area contributed by atoms with E-state index in [1.807, 2.05) is 24.3 Å². The smallest absolute Gasteiger partial charge is 0.0720 e. The molecule has 4 heteroatoms. The number of halogens is 1. The lowest BCUT2D eigenvalue weighted by atomic mass is 10.0. The van der Waals surface area contributed by atoms with Crippen molar-refractivity contribution in [3.8, 4) is 0 Å². The maximum absolute atomic E-state index is 6.26. The minimum atomic E-state index is 0.0269. The summed E-state index contributed by atoms with van der Waals surface area (Å²) in [6, 6.07) is 7.78. The van der Waals surface area contributed by atoms with Gasteiger partial charge >= 0.3 is 0 Å². The first-order chi connectivity index (χ1) is 8.58. The topological polar surface area (TPSA) is 42.1 Å². The molecule has 3 nitrogen and oxygen atoms in total. The van der Waals surface area contributed by atoms with Gasteiger partial charge in [-0.05, 0) is 50.8 Å². The van der Waals surface area contributed by atoms with E-state index in [-0.39, 0.29) is 6.04 Å². The van der Waals surface area contributed by atoms with Gasteiger partial charge in [-0.1, -0.05) is 17.7 Å². The van der Waals surface area contributed by atoms with Gasteiger partial charge in [0.25, 0.3) is 0 Å². The van der Waals surface area contributed by atoms with E-state index in [1.54, 1.807) is 6.20 Å². The lowest BCUT2D eigenvalue weighted by Gasteiger charge is -2.17. The second-order valence-corrected chi connectivity index (χ2v) is 5.20. The van der Waals surface area contributed by atoms with Crippen molar-refractivity contribution < 1.29 is 0 Å². The monoisotopic (exact) mass is 263 g/mol. The standard InChI is InChI=1S/C14H18ClN3/c1-18(2)8-6-13(16)11-5-7-17-14-9-10(15)3-4-12(11)14/h3-5,7,9,13H,6,8,16H2,1-2H3. The number of nitrogens with zero attached hydrogens (tertiary/aromatic N) is 2. The summed E-state index contributed by atoms with van der Waals surface area (Å²) in [5.74, 6) is 0. The third-order valence-electron chi connectivity index (χ3n) is 3.03. The van der Waals surface area contributed by atoms with E-state index in [4.69, 9.17) is 17.3 Å². The van der Waals surface area contributed by atoms with Crippen molar-refractivity contribution >= 4 is 22.5 Å². The summed E-state index contributed by atoms with van der Waals surface area (Å²) in [4.78, 5) is 6.47. The molecule has 2 aromatic rings. The number of hydrogen-bond donors (Lipinski definition) is 1. The highest BCUT2D eigenvalue weighted by Crippen LogP contribution is 2.25. The molecule has 0 aliphatic rings. The van der Waals surface area contributed by atoms with E-state index in [0.29, 0.717) is 5.02 Å². The Bertz CT molecular complexity index is 540. The molecular formula is C14H18ClN3. The zero-order chi connectivity index (χ0) is 13.1. The summed E-state index contributed by atoms with van der Waals surface area (Å²) in [5, 5.41) is 1.79. The van der Waals surface area contributed by atoms with Crippen molar-refractivity contribution in [2.45, 2.75) is 12.5 Å². The lowest BCUT2D eigenvalue weighted by Crippen LogP contribution is -2.20. The number of hydrogen-bond acceptors (Lipinski definition) is 3. The number of benzene rings is 1. The number of nitrogens with two attached hydrogens (primary N) is 1. The van der Waals surface area contributed by atoms with Gasteiger partial charge in [0, 0.05) is 22.6 Å². The molecule has 0 amide bonds. The van der Waals surface area contributed by atoms with Crippen LogP contribution in [-0.2, 0) is 0 Å². The molecule has 1 heterocycles. The summed E-state index contributed by atoms with van der Waals surface area (Å²) in [6.07, 6.45) is 2.72. The summed E-state index contributed by atoms with van der Waals surface area (Å²) in [7, 11) is 4.11. The molecule has 1 aromatic heterocycles. The molecule has 1 aromatic carbocycles. The number of pyridine rings is 1. The normalized spacial score (nSPS) is 13.2. The fourth-order valence-electron chi connectivity index (χ4n) is 2.02. The summed E-state index contributed by atoms with van der Waals surface area (Å²) in [5.41, 5.74) is 8.30. The summed E-state index contributed by atoms with van der Waals surface area (Å²) >= 11 is 5.98. The molecule has 1 atom stereocenters. The van der Waals surface area contributed by atoms with Crippen LogP contribution < -0.4 is 5.73 Å². The predicted octanol–water partition coefficient (Wildman–Crippen LogP) is 2.84. The van der Waals surface area contributed by atoms with Crippen molar-refractivity contribution in [3.05, 3.63) is 41.0 Å². The van der Waals surface area contributed by atoms with Gasteiger partial charge in [0.2, 0.25) is 0 Å². The van der Waals surface area contributed by atoms with Crippen LogP contribution in [0.15, 0.2) is 30.5 Å². The molecule has 0 saturated heterocycles. The van der Waals surface area contributed by atoms with Crippen LogP contribution in [0, 0.1) is 0 Å². The fraction of sp³-hybridized carbons (Fsp3) is 0.357. The quantitative estimate of drug-likeness (QED) is 0.922. The molecule has 0 radical (unpaired) electrons. The molecule has 0 aliphatic heterocycles. The Kier molecular flexibility index (Phi) is 4.17. The van der Waals surface area contributed by atoms with E-state index in [9.17, 15) is 0 Å². The van der Waals surface area contributed by atoms with Crippen LogP contribution in [0.3, 0.4) is 0 Å². The van der Waals surface area contributed by atoms with Crippen LogP contribution in [0.5, 0.6) is 0 Å². The van der Waals surface area contributed by atoms with Crippen LogP contribution >= 0.6 is 11.6 Å². The van der Waals surface area contributed by atoms with Crippen molar-refractivity contribution in [3.63, 3.8) is 0 Å². The third kappa shape index (κ3) is 2.99. The molecule has 0 aliphatic carbocycles. The summed E-state index contributed by atoms with van der Waals surface area (Å²) in [6.45, 7) is 0.971. The average Bonchev–Trinajstić information content (AvgIpc) is 2.34. The number of fused-ring (bicyclic) bond motifs is 1. The lowest BCUT2D eigenvalue weighted by molar-refractivity contribution is 0.383. The molecule has 18 heavy (non-hydrogen) atoms. The first-order valence-electron chi connectivity index (χ1n) is 6.02. The van der Waals surface area contributed by atoms with Crippen LogP contribution in [0.25, 0.3) is 10.9 Å². The van der Waals surface area contributed by atoms with Gasteiger partial charge in [-0.2, -0.15) is 0 Å². The van der Waals surface area contributed by atoms with Gasteiger partial charge in [0.15, 0.2) is 0 Å². The molecule has 1 unspecified atom stereocenters. The van der Waals surface area contributed by atoms with Gasteiger partial charge < -0.3 is 10.6 Å². The van der Waals surface area contributed by atoms with Gasteiger partial charge in [-0.25, -0.2) is 0 Å². The van der Waals surface area contributed by atoms with E-state index in [2.05, 4.69) is 24.0 Å². The Hall–Kier alpha value is -1.16. The van der Waals surface area contributed by atoms with Crippen LogP contribution in [0.1, 0.15) is 18.0 Å². The van der Waals surface area contributed by atoms with Gasteiger partial charge in [0.05, 0.1) is 5.52 Å². The average molecular weight is 264 g/mol. The largest absolute Gasteiger partial charge is 0.324 e. The third-order valence-corrected chi connectivity index (χ3v) is 3.26. The second kappa shape index (κ2) is 5.65. The van der Waals surface area contributed by atoms with Gasteiger partial charge in [-0.15, -0.1) is 0 Å². The molecule has 0 saturated carbocycles. The van der Waals surface area contributed by atoms with E-state index < -0.39 is 0 Å². The zero-order valence-corrected chi connectivity index (χ0v) is 11.5. The Morgan fingerprint density at radius 1 is 1.33 bits per heavy atom.